The third kappa shape index (κ3) is 3.62. The van der Waals surface area contributed by atoms with Gasteiger partial charge < -0.3 is 19.7 Å². The Morgan fingerprint density at radius 1 is 1.50 bits per heavy atom. The molecule has 0 fully saturated rings. The molecule has 1 atom stereocenters. The molecule has 0 saturated heterocycles. The van der Waals surface area contributed by atoms with Crippen molar-refractivity contribution in [3.63, 3.8) is 0 Å². The zero-order valence-corrected chi connectivity index (χ0v) is 14.9. The molecule has 1 aromatic heterocycles. The Balaban J connectivity index is 1.59. The average Bonchev–Trinajstić information content (AvgIpc) is 3.08. The number of nitrogens with one attached hydrogen (secondary N) is 1. The van der Waals surface area contributed by atoms with Gasteiger partial charge in [0.05, 0.1) is 25.3 Å². The van der Waals surface area contributed by atoms with Crippen molar-refractivity contribution in [1.82, 2.24) is 10.3 Å². The number of hydrogen-bond donors (Lipinski definition) is 1. The van der Waals surface area contributed by atoms with Crippen molar-refractivity contribution in [3.05, 3.63) is 34.8 Å². The summed E-state index contributed by atoms with van der Waals surface area (Å²) >= 11 is 1.56. The van der Waals surface area contributed by atoms with E-state index in [1.165, 1.54) is 0 Å². The third-order valence-corrected chi connectivity index (χ3v) is 4.97. The van der Waals surface area contributed by atoms with E-state index in [4.69, 9.17) is 9.47 Å². The maximum Gasteiger partial charge on any atom is 0.227 e. The number of ether oxygens (including phenoxy) is 2. The van der Waals surface area contributed by atoms with Crippen LogP contribution in [0.1, 0.15) is 11.3 Å². The predicted octanol–water partition coefficient (Wildman–Crippen LogP) is 2.09. The van der Waals surface area contributed by atoms with E-state index in [1.807, 2.05) is 42.6 Å². The quantitative estimate of drug-likeness (QED) is 0.897. The highest BCUT2D eigenvalue weighted by Gasteiger charge is 2.26. The molecular formula is C17H21N3O3S. The third-order valence-electron chi connectivity index (χ3n) is 3.91. The van der Waals surface area contributed by atoms with Crippen LogP contribution in [0.3, 0.4) is 0 Å². The molecule has 24 heavy (non-hydrogen) atoms. The number of fused-ring (bicyclic) bond motifs is 1. The molecule has 1 aliphatic heterocycles. The minimum atomic E-state index is -0.198. The Morgan fingerprint density at radius 2 is 2.33 bits per heavy atom. The lowest BCUT2D eigenvalue weighted by molar-refractivity contribution is -0.126. The van der Waals surface area contributed by atoms with Crippen LogP contribution >= 0.6 is 11.3 Å². The molecule has 0 aliphatic carbocycles. The fourth-order valence-electron chi connectivity index (χ4n) is 2.57. The predicted molar refractivity (Wildman–Crippen MR) is 94.0 cm³/mol. The Morgan fingerprint density at radius 3 is 3.04 bits per heavy atom. The molecule has 1 aliphatic rings. The van der Waals surface area contributed by atoms with Crippen LogP contribution < -0.4 is 19.7 Å². The number of carbonyl (C=O) groups is 1. The fraction of sp³-hybridized carbons (Fsp3) is 0.412. The normalized spacial score (nSPS) is 16.0. The number of amides is 1. The van der Waals surface area contributed by atoms with Crippen molar-refractivity contribution in [2.45, 2.75) is 13.0 Å². The Labute approximate surface area is 145 Å². The highest BCUT2D eigenvalue weighted by molar-refractivity contribution is 7.13. The highest BCUT2D eigenvalue weighted by Crippen LogP contribution is 2.30. The van der Waals surface area contributed by atoms with Crippen LogP contribution in [0, 0.1) is 5.92 Å². The van der Waals surface area contributed by atoms with E-state index in [1.54, 1.807) is 18.4 Å². The van der Waals surface area contributed by atoms with Gasteiger partial charge in [-0.05, 0) is 30.2 Å². The Kier molecular flexibility index (Phi) is 4.89. The van der Waals surface area contributed by atoms with Crippen molar-refractivity contribution >= 4 is 22.4 Å². The first-order chi connectivity index (χ1) is 11.6. The minimum Gasteiger partial charge on any atom is -0.497 e. The number of hydrogen-bond acceptors (Lipinski definition) is 6. The average molecular weight is 347 g/mol. The fourth-order valence-corrected chi connectivity index (χ4v) is 3.33. The van der Waals surface area contributed by atoms with Gasteiger partial charge in [-0.1, -0.05) is 0 Å². The first kappa shape index (κ1) is 16.6. The molecule has 1 amide bonds. The monoisotopic (exact) mass is 347 g/mol. The number of benzene rings is 1. The second-order valence-corrected chi connectivity index (χ2v) is 6.76. The van der Waals surface area contributed by atoms with Gasteiger partial charge in [-0.2, -0.15) is 0 Å². The van der Waals surface area contributed by atoms with Gasteiger partial charge in [0.25, 0.3) is 0 Å². The van der Waals surface area contributed by atoms with E-state index < -0.39 is 0 Å². The lowest BCUT2D eigenvalue weighted by atomic mass is 9.96. The van der Waals surface area contributed by atoms with Gasteiger partial charge in [-0.3, -0.25) is 4.79 Å². The van der Waals surface area contributed by atoms with Crippen LogP contribution in [0.2, 0.25) is 0 Å². The van der Waals surface area contributed by atoms with E-state index in [-0.39, 0.29) is 11.8 Å². The van der Waals surface area contributed by atoms with E-state index in [9.17, 15) is 4.79 Å². The lowest BCUT2D eigenvalue weighted by Crippen LogP contribution is -2.37. The van der Waals surface area contributed by atoms with E-state index >= 15 is 0 Å². The Bertz CT molecular complexity index is 730. The van der Waals surface area contributed by atoms with Gasteiger partial charge in [0.15, 0.2) is 5.13 Å². The summed E-state index contributed by atoms with van der Waals surface area (Å²) < 4.78 is 10.9. The highest BCUT2D eigenvalue weighted by atomic mass is 32.1. The van der Waals surface area contributed by atoms with Crippen LogP contribution in [0.15, 0.2) is 23.6 Å². The number of thiazole rings is 1. The minimum absolute atomic E-state index is 0.0112. The molecule has 0 saturated carbocycles. The summed E-state index contributed by atoms with van der Waals surface area (Å²) in [5, 5.41) is 5.85. The molecular weight excluding hydrogens is 326 g/mol. The van der Waals surface area contributed by atoms with Crippen molar-refractivity contribution in [3.8, 4) is 11.5 Å². The second kappa shape index (κ2) is 7.09. The van der Waals surface area contributed by atoms with Crippen molar-refractivity contribution in [2.24, 2.45) is 5.92 Å². The molecule has 2 aromatic rings. The van der Waals surface area contributed by atoms with E-state index in [0.717, 1.165) is 27.9 Å². The van der Waals surface area contributed by atoms with Crippen LogP contribution in [0.4, 0.5) is 5.13 Å². The van der Waals surface area contributed by atoms with Crippen LogP contribution in [0.25, 0.3) is 0 Å². The molecule has 6 nitrogen and oxygen atoms in total. The molecule has 1 N–H and O–H groups in total. The SMILES string of the molecule is COc1ccc2c(c1)C[C@@H](C(=O)NCc1csc(N(C)C)n1)CO2. The van der Waals surface area contributed by atoms with E-state index in [0.29, 0.717) is 19.6 Å². The van der Waals surface area contributed by atoms with Gasteiger partial charge in [-0.15, -0.1) is 11.3 Å². The van der Waals surface area contributed by atoms with E-state index in [2.05, 4.69) is 10.3 Å². The summed E-state index contributed by atoms with van der Waals surface area (Å²) in [5.74, 6) is 1.39. The molecule has 0 unspecified atom stereocenters. The van der Waals surface area contributed by atoms with Crippen molar-refractivity contribution in [1.29, 1.82) is 0 Å². The zero-order chi connectivity index (χ0) is 17.1. The number of rotatable bonds is 5. The maximum atomic E-state index is 12.4. The van der Waals surface area contributed by atoms with Crippen LogP contribution in [-0.4, -0.2) is 38.7 Å². The zero-order valence-electron chi connectivity index (χ0n) is 14.0. The summed E-state index contributed by atoms with van der Waals surface area (Å²) in [4.78, 5) is 18.8. The first-order valence-electron chi connectivity index (χ1n) is 7.76. The molecule has 0 spiro atoms. The summed E-state index contributed by atoms with van der Waals surface area (Å²) in [5.41, 5.74) is 1.88. The van der Waals surface area contributed by atoms with Gasteiger partial charge in [-0.25, -0.2) is 4.98 Å². The molecule has 7 heteroatoms. The summed E-state index contributed by atoms with van der Waals surface area (Å²) in [6, 6.07) is 5.68. The van der Waals surface area contributed by atoms with Crippen LogP contribution in [-0.2, 0) is 17.8 Å². The topological polar surface area (TPSA) is 63.7 Å². The molecule has 0 bridgehead atoms. The number of aromatic nitrogens is 1. The maximum absolute atomic E-state index is 12.4. The van der Waals surface area contributed by atoms with Gasteiger partial charge in [0, 0.05) is 19.5 Å². The molecule has 2 heterocycles. The van der Waals surface area contributed by atoms with Crippen molar-refractivity contribution < 1.29 is 14.3 Å². The summed E-state index contributed by atoms with van der Waals surface area (Å²) in [6.07, 6.45) is 0.651. The molecule has 128 valence electrons. The van der Waals surface area contributed by atoms with Crippen molar-refractivity contribution in [2.75, 3.05) is 32.7 Å². The molecule has 3 rings (SSSR count). The largest absolute Gasteiger partial charge is 0.497 e. The Hall–Kier alpha value is -2.28. The van der Waals surface area contributed by atoms with Crippen LogP contribution in [0.5, 0.6) is 11.5 Å². The molecule has 1 aromatic carbocycles. The van der Waals surface area contributed by atoms with Gasteiger partial charge in [0.2, 0.25) is 5.91 Å². The lowest BCUT2D eigenvalue weighted by Gasteiger charge is -2.24. The number of nitrogens with zero attached hydrogens (tertiary/aromatic N) is 2. The second-order valence-electron chi connectivity index (χ2n) is 5.92. The smallest absolute Gasteiger partial charge is 0.227 e. The van der Waals surface area contributed by atoms with Gasteiger partial charge in [0.1, 0.15) is 18.1 Å². The number of methoxy groups -OCH3 is 1. The standard InChI is InChI=1S/C17H21N3O3S/c1-20(2)17-19-13(10-24-17)8-18-16(21)12-6-11-7-14(22-3)4-5-15(11)23-9-12/h4-5,7,10,12H,6,8-9H2,1-3H3,(H,18,21)/t12-/m1/s1. The first-order valence-corrected chi connectivity index (χ1v) is 8.64. The number of carbonyl (C=O) groups excluding carboxylic acids is 1. The van der Waals surface area contributed by atoms with Gasteiger partial charge >= 0.3 is 0 Å². The molecule has 0 radical (unpaired) electrons. The number of anilines is 1. The summed E-state index contributed by atoms with van der Waals surface area (Å²) in [7, 11) is 5.53. The summed E-state index contributed by atoms with van der Waals surface area (Å²) in [6.45, 7) is 0.829.